The molecular formula is C24H29FN4O2. The van der Waals surface area contributed by atoms with Crippen LogP contribution in [0.3, 0.4) is 0 Å². The van der Waals surface area contributed by atoms with E-state index in [4.69, 9.17) is 4.74 Å². The highest BCUT2D eigenvalue weighted by atomic mass is 19.1. The number of likely N-dealkylation sites (tertiary alicyclic amines) is 1. The van der Waals surface area contributed by atoms with Gasteiger partial charge in [-0.25, -0.2) is 9.07 Å². The molecule has 1 saturated heterocycles. The molecule has 3 saturated carbocycles. The minimum atomic E-state index is -0.367. The monoisotopic (exact) mass is 424 g/mol. The van der Waals surface area contributed by atoms with Crippen LogP contribution in [0.15, 0.2) is 30.5 Å². The Morgan fingerprint density at radius 2 is 1.94 bits per heavy atom. The van der Waals surface area contributed by atoms with Crippen molar-refractivity contribution in [3.63, 3.8) is 0 Å². The second-order valence-corrected chi connectivity index (χ2v) is 9.99. The van der Waals surface area contributed by atoms with Crippen molar-refractivity contribution >= 4 is 5.91 Å². The molecule has 4 aliphatic rings. The van der Waals surface area contributed by atoms with Gasteiger partial charge in [0.2, 0.25) is 0 Å². The smallest absolute Gasteiger partial charge is 0.253 e. The summed E-state index contributed by atoms with van der Waals surface area (Å²) >= 11 is 0. The van der Waals surface area contributed by atoms with Gasteiger partial charge >= 0.3 is 0 Å². The number of fused-ring (bicyclic) bond motifs is 1. The average Bonchev–Trinajstić information content (AvgIpc) is 3.70. The van der Waals surface area contributed by atoms with E-state index < -0.39 is 0 Å². The van der Waals surface area contributed by atoms with Crippen LogP contribution in [-0.4, -0.2) is 51.6 Å². The van der Waals surface area contributed by atoms with E-state index in [0.29, 0.717) is 29.2 Å². The van der Waals surface area contributed by atoms with Gasteiger partial charge in [0.05, 0.1) is 17.8 Å². The molecular weight excluding hydrogens is 395 g/mol. The molecule has 0 unspecified atom stereocenters. The molecule has 1 aromatic heterocycles. The maximum absolute atomic E-state index is 13.6. The summed E-state index contributed by atoms with van der Waals surface area (Å²) in [5.74, 6) is 1.69. The van der Waals surface area contributed by atoms with Crippen molar-refractivity contribution in [1.29, 1.82) is 0 Å². The van der Waals surface area contributed by atoms with Gasteiger partial charge in [0.15, 0.2) is 0 Å². The predicted octanol–water partition coefficient (Wildman–Crippen LogP) is 3.81. The van der Waals surface area contributed by atoms with Crippen molar-refractivity contribution in [2.24, 2.45) is 17.8 Å². The molecule has 31 heavy (non-hydrogen) atoms. The lowest BCUT2D eigenvalue weighted by Crippen LogP contribution is -2.38. The summed E-state index contributed by atoms with van der Waals surface area (Å²) < 4.78 is 22.1. The Kier molecular flexibility index (Phi) is 4.82. The van der Waals surface area contributed by atoms with Gasteiger partial charge in [-0.3, -0.25) is 4.79 Å². The van der Waals surface area contributed by atoms with Crippen LogP contribution < -0.4 is 0 Å². The predicted molar refractivity (Wildman–Crippen MR) is 112 cm³/mol. The van der Waals surface area contributed by atoms with E-state index in [1.807, 2.05) is 9.58 Å². The maximum Gasteiger partial charge on any atom is 0.253 e. The van der Waals surface area contributed by atoms with Crippen LogP contribution in [0.4, 0.5) is 4.39 Å². The maximum atomic E-state index is 13.6. The molecule has 1 aromatic carbocycles. The number of aromatic nitrogens is 3. The number of hydrogen-bond acceptors (Lipinski definition) is 4. The van der Waals surface area contributed by atoms with Crippen LogP contribution in [0.1, 0.15) is 66.5 Å². The van der Waals surface area contributed by atoms with Gasteiger partial charge in [-0.05, 0) is 74.5 Å². The summed E-state index contributed by atoms with van der Waals surface area (Å²) in [5.41, 5.74) is 1.54. The number of ether oxygens (including phenoxy) is 1. The number of hydrogen-bond donors (Lipinski definition) is 0. The van der Waals surface area contributed by atoms with Crippen molar-refractivity contribution in [1.82, 2.24) is 19.9 Å². The molecule has 1 amide bonds. The molecule has 4 atom stereocenters. The van der Waals surface area contributed by atoms with E-state index in [9.17, 15) is 9.18 Å². The highest BCUT2D eigenvalue weighted by molar-refractivity contribution is 5.94. The molecule has 0 radical (unpaired) electrons. The van der Waals surface area contributed by atoms with Crippen molar-refractivity contribution in [2.75, 3.05) is 19.7 Å². The lowest BCUT2D eigenvalue weighted by molar-refractivity contribution is -0.0375. The number of benzene rings is 1. The molecule has 1 aliphatic heterocycles. The highest BCUT2D eigenvalue weighted by Crippen LogP contribution is 2.44. The third-order valence-corrected chi connectivity index (χ3v) is 7.55. The first kappa shape index (κ1) is 19.4. The lowest BCUT2D eigenvalue weighted by Gasteiger charge is -2.37. The molecule has 2 heterocycles. The average molecular weight is 425 g/mol. The summed E-state index contributed by atoms with van der Waals surface area (Å²) in [6.45, 7) is 2.27. The molecule has 164 valence electrons. The molecule has 7 heteroatoms. The highest BCUT2D eigenvalue weighted by Gasteiger charge is 2.45. The van der Waals surface area contributed by atoms with E-state index in [1.165, 1.54) is 37.8 Å². The van der Waals surface area contributed by atoms with Gasteiger partial charge in [-0.2, -0.15) is 0 Å². The molecule has 0 spiro atoms. The fraction of sp³-hybridized carbons (Fsp3) is 0.625. The Morgan fingerprint density at radius 3 is 2.68 bits per heavy atom. The Labute approximate surface area is 181 Å². The topological polar surface area (TPSA) is 60.2 Å². The van der Waals surface area contributed by atoms with Crippen LogP contribution in [0.2, 0.25) is 0 Å². The number of amides is 1. The zero-order valence-corrected chi connectivity index (χ0v) is 17.7. The molecule has 4 fully saturated rings. The van der Waals surface area contributed by atoms with Crippen LogP contribution in [-0.2, 0) is 4.74 Å². The van der Waals surface area contributed by atoms with Crippen LogP contribution >= 0.6 is 0 Å². The number of carbonyl (C=O) groups is 1. The van der Waals surface area contributed by atoms with Gasteiger partial charge in [-0.15, -0.1) is 5.10 Å². The zero-order valence-electron chi connectivity index (χ0n) is 17.7. The Bertz CT molecular complexity index is 970. The normalized spacial score (nSPS) is 30.4. The standard InChI is InChI=1S/C24H29FN4O2/c25-20-3-1-2-17(8-20)24(30)28-11-18-9-22(29-13-21(26-27-29)16-6-7-16)23(10-19(18)12-28)31-14-15-4-5-15/h1-3,8,13,15-16,18-19,22-23H,4-7,9-12,14H2/t18-,19+,22-,23-/m1/s1. The summed E-state index contributed by atoms with van der Waals surface area (Å²) in [6.07, 6.45) is 9.09. The van der Waals surface area contributed by atoms with Crippen molar-refractivity contribution in [3.8, 4) is 0 Å². The van der Waals surface area contributed by atoms with Crippen LogP contribution in [0, 0.1) is 23.6 Å². The van der Waals surface area contributed by atoms with Crippen molar-refractivity contribution in [2.45, 2.75) is 56.6 Å². The molecule has 0 bridgehead atoms. The van der Waals surface area contributed by atoms with Crippen LogP contribution in [0.5, 0.6) is 0 Å². The second kappa shape index (κ2) is 7.69. The summed E-state index contributed by atoms with van der Waals surface area (Å²) in [6, 6.07) is 6.19. The summed E-state index contributed by atoms with van der Waals surface area (Å²) in [5, 5.41) is 8.91. The molecule has 2 aromatic rings. The van der Waals surface area contributed by atoms with Gasteiger partial charge in [0, 0.05) is 37.4 Å². The van der Waals surface area contributed by atoms with Gasteiger partial charge in [-0.1, -0.05) is 11.3 Å². The molecule has 6 nitrogen and oxygen atoms in total. The quantitative estimate of drug-likeness (QED) is 0.708. The third-order valence-electron chi connectivity index (χ3n) is 7.55. The molecule has 0 N–H and O–H groups in total. The Hall–Kier alpha value is -2.28. The first-order valence-corrected chi connectivity index (χ1v) is 11.7. The molecule has 3 aliphatic carbocycles. The largest absolute Gasteiger partial charge is 0.376 e. The van der Waals surface area contributed by atoms with E-state index in [1.54, 1.807) is 12.1 Å². The number of rotatable bonds is 6. The second-order valence-electron chi connectivity index (χ2n) is 9.99. The van der Waals surface area contributed by atoms with E-state index >= 15 is 0 Å². The van der Waals surface area contributed by atoms with Crippen molar-refractivity contribution in [3.05, 3.63) is 47.5 Å². The Balaban J connectivity index is 1.19. The molecule has 6 rings (SSSR count). The SMILES string of the molecule is O=C(c1cccc(F)c1)N1C[C@H]2C[C@@H](n3cc(C4CC4)nn3)[C@H](OCC3CC3)C[C@H]2C1. The number of nitrogens with zero attached hydrogens (tertiary/aromatic N) is 4. The van der Waals surface area contributed by atoms with Gasteiger partial charge in [0.1, 0.15) is 5.82 Å². The zero-order chi connectivity index (χ0) is 20.9. The van der Waals surface area contributed by atoms with E-state index in [-0.39, 0.29) is 23.9 Å². The van der Waals surface area contributed by atoms with Gasteiger partial charge < -0.3 is 9.64 Å². The summed E-state index contributed by atoms with van der Waals surface area (Å²) in [4.78, 5) is 14.9. The van der Waals surface area contributed by atoms with E-state index in [0.717, 1.165) is 38.2 Å². The minimum Gasteiger partial charge on any atom is -0.376 e. The van der Waals surface area contributed by atoms with Gasteiger partial charge in [0.25, 0.3) is 5.91 Å². The van der Waals surface area contributed by atoms with Crippen LogP contribution in [0.25, 0.3) is 0 Å². The lowest BCUT2D eigenvalue weighted by atomic mass is 9.77. The number of carbonyl (C=O) groups excluding carboxylic acids is 1. The third kappa shape index (κ3) is 4.00. The number of halogens is 1. The minimum absolute atomic E-state index is 0.0716. The summed E-state index contributed by atoms with van der Waals surface area (Å²) in [7, 11) is 0. The van der Waals surface area contributed by atoms with Crippen molar-refractivity contribution < 1.29 is 13.9 Å². The Morgan fingerprint density at radius 1 is 1.13 bits per heavy atom. The first-order chi connectivity index (χ1) is 15.1. The fourth-order valence-corrected chi connectivity index (χ4v) is 5.38. The fourth-order valence-electron chi connectivity index (χ4n) is 5.38. The van der Waals surface area contributed by atoms with E-state index in [2.05, 4.69) is 16.5 Å². The first-order valence-electron chi connectivity index (χ1n) is 11.7.